The van der Waals surface area contributed by atoms with E-state index in [2.05, 4.69) is 6.58 Å². The summed E-state index contributed by atoms with van der Waals surface area (Å²) in [5.74, 6) is 0. The van der Waals surface area contributed by atoms with Gasteiger partial charge in [-0.25, -0.2) is 4.79 Å². The number of nitrogens with zero attached hydrogens (tertiary/aromatic N) is 1. The monoisotopic (exact) mass is 281 g/mol. The summed E-state index contributed by atoms with van der Waals surface area (Å²) >= 11 is 0. The van der Waals surface area contributed by atoms with Crippen LogP contribution in [-0.2, 0) is 11.3 Å². The van der Waals surface area contributed by atoms with Crippen molar-refractivity contribution < 1.29 is 9.53 Å². The molecule has 21 heavy (non-hydrogen) atoms. The molecule has 0 saturated carbocycles. The summed E-state index contributed by atoms with van der Waals surface area (Å²) in [4.78, 5) is 13.7. The van der Waals surface area contributed by atoms with Crippen LogP contribution in [-0.4, -0.2) is 11.0 Å². The molecule has 0 aliphatic rings. The zero-order chi connectivity index (χ0) is 15.1. The highest BCUT2D eigenvalue weighted by molar-refractivity contribution is 5.69. The lowest BCUT2D eigenvalue weighted by Gasteiger charge is -2.25. The first-order chi connectivity index (χ1) is 10.2. The highest BCUT2D eigenvalue weighted by Crippen LogP contribution is 2.21. The molecule has 0 bridgehead atoms. The SMILES string of the molecule is C=CN(C(=O)OCc1ccccc1)C(C)c1ccccc1. The maximum Gasteiger partial charge on any atom is 0.414 e. The minimum Gasteiger partial charge on any atom is -0.444 e. The van der Waals surface area contributed by atoms with Crippen LogP contribution in [0, 0.1) is 0 Å². The third-order valence-corrected chi connectivity index (χ3v) is 3.31. The number of ether oxygens (including phenoxy) is 1. The molecule has 1 unspecified atom stereocenters. The summed E-state index contributed by atoms with van der Waals surface area (Å²) in [5.41, 5.74) is 2.00. The fourth-order valence-electron chi connectivity index (χ4n) is 2.08. The molecule has 1 amide bonds. The molecule has 0 fully saturated rings. The van der Waals surface area contributed by atoms with E-state index in [-0.39, 0.29) is 12.6 Å². The van der Waals surface area contributed by atoms with Crippen molar-refractivity contribution in [1.82, 2.24) is 4.90 Å². The van der Waals surface area contributed by atoms with Crippen LogP contribution in [0.15, 0.2) is 73.4 Å². The Hall–Kier alpha value is -2.55. The Morgan fingerprint density at radius 2 is 1.71 bits per heavy atom. The van der Waals surface area contributed by atoms with Crippen molar-refractivity contribution in [2.45, 2.75) is 19.6 Å². The first-order valence-electron chi connectivity index (χ1n) is 6.89. The molecule has 108 valence electrons. The van der Waals surface area contributed by atoms with Crippen LogP contribution in [0.5, 0.6) is 0 Å². The molecular formula is C18H19NO2. The fourth-order valence-corrected chi connectivity index (χ4v) is 2.08. The zero-order valence-corrected chi connectivity index (χ0v) is 12.1. The summed E-state index contributed by atoms with van der Waals surface area (Å²) in [6, 6.07) is 19.3. The minimum absolute atomic E-state index is 0.119. The second-order valence-electron chi connectivity index (χ2n) is 4.72. The van der Waals surface area contributed by atoms with Crippen molar-refractivity contribution in [1.29, 1.82) is 0 Å². The van der Waals surface area contributed by atoms with Crippen LogP contribution < -0.4 is 0 Å². The lowest BCUT2D eigenvalue weighted by molar-refractivity contribution is 0.101. The Morgan fingerprint density at radius 1 is 1.14 bits per heavy atom. The molecule has 1 atom stereocenters. The molecule has 3 nitrogen and oxygen atoms in total. The van der Waals surface area contributed by atoms with Crippen LogP contribution >= 0.6 is 0 Å². The van der Waals surface area contributed by atoms with Gasteiger partial charge in [-0.15, -0.1) is 0 Å². The largest absolute Gasteiger partial charge is 0.444 e. The van der Waals surface area contributed by atoms with Gasteiger partial charge in [0, 0.05) is 6.20 Å². The molecule has 0 saturated heterocycles. The molecule has 0 radical (unpaired) electrons. The van der Waals surface area contributed by atoms with Gasteiger partial charge in [0.05, 0.1) is 6.04 Å². The van der Waals surface area contributed by atoms with Gasteiger partial charge in [0.1, 0.15) is 6.61 Å². The summed E-state index contributed by atoms with van der Waals surface area (Å²) < 4.78 is 5.34. The average Bonchev–Trinajstić information content (AvgIpc) is 2.55. The van der Waals surface area contributed by atoms with Gasteiger partial charge in [-0.2, -0.15) is 0 Å². The fraction of sp³-hybridized carbons (Fsp3) is 0.167. The van der Waals surface area contributed by atoms with E-state index in [4.69, 9.17) is 4.74 Å². The van der Waals surface area contributed by atoms with Gasteiger partial charge < -0.3 is 4.74 Å². The molecule has 2 aromatic carbocycles. The Kier molecular flexibility index (Phi) is 5.16. The lowest BCUT2D eigenvalue weighted by Crippen LogP contribution is -2.29. The van der Waals surface area contributed by atoms with Gasteiger partial charge in [0.2, 0.25) is 0 Å². The van der Waals surface area contributed by atoms with Gasteiger partial charge >= 0.3 is 6.09 Å². The van der Waals surface area contributed by atoms with Crippen molar-refractivity contribution in [3.8, 4) is 0 Å². The smallest absolute Gasteiger partial charge is 0.414 e. The van der Waals surface area contributed by atoms with Crippen LogP contribution in [0.4, 0.5) is 4.79 Å². The maximum absolute atomic E-state index is 12.2. The number of carbonyl (C=O) groups is 1. The first kappa shape index (κ1) is 14.9. The molecule has 2 rings (SSSR count). The Bertz CT molecular complexity index is 581. The van der Waals surface area contributed by atoms with Crippen molar-refractivity contribution in [3.05, 3.63) is 84.6 Å². The summed E-state index contributed by atoms with van der Waals surface area (Å²) in [7, 11) is 0. The normalized spacial score (nSPS) is 11.5. The standard InChI is InChI=1S/C18H19NO2/c1-3-19(15(2)17-12-8-5-9-13-17)18(20)21-14-16-10-6-4-7-11-16/h3-13,15H,1,14H2,2H3. The van der Waals surface area contributed by atoms with Crippen LogP contribution in [0.1, 0.15) is 24.1 Å². The van der Waals surface area contributed by atoms with Crippen molar-refractivity contribution in [2.75, 3.05) is 0 Å². The van der Waals surface area contributed by atoms with E-state index in [1.54, 1.807) is 0 Å². The zero-order valence-electron chi connectivity index (χ0n) is 12.1. The third kappa shape index (κ3) is 3.96. The second-order valence-corrected chi connectivity index (χ2v) is 4.72. The van der Waals surface area contributed by atoms with Gasteiger partial charge in [-0.3, -0.25) is 4.90 Å². The van der Waals surface area contributed by atoms with E-state index < -0.39 is 6.09 Å². The minimum atomic E-state index is -0.398. The lowest BCUT2D eigenvalue weighted by atomic mass is 10.1. The van der Waals surface area contributed by atoms with Gasteiger partial charge in [-0.05, 0) is 18.1 Å². The van der Waals surface area contributed by atoms with E-state index in [1.165, 1.54) is 11.1 Å². The number of benzene rings is 2. The molecule has 0 spiro atoms. The summed E-state index contributed by atoms with van der Waals surface area (Å²) in [6.45, 7) is 5.91. The highest BCUT2D eigenvalue weighted by atomic mass is 16.6. The highest BCUT2D eigenvalue weighted by Gasteiger charge is 2.20. The van der Waals surface area contributed by atoms with Crippen LogP contribution in [0.25, 0.3) is 0 Å². The van der Waals surface area contributed by atoms with Gasteiger partial charge in [0.25, 0.3) is 0 Å². The summed E-state index contributed by atoms with van der Waals surface area (Å²) in [6.07, 6.45) is 1.11. The number of rotatable bonds is 5. The van der Waals surface area contributed by atoms with Gasteiger partial charge in [-0.1, -0.05) is 67.2 Å². The molecule has 3 heteroatoms. The molecule has 2 aromatic rings. The molecule has 0 N–H and O–H groups in total. The number of carbonyl (C=O) groups excluding carboxylic acids is 1. The Morgan fingerprint density at radius 3 is 2.29 bits per heavy atom. The molecule has 0 aromatic heterocycles. The quantitative estimate of drug-likeness (QED) is 0.805. The Balaban J connectivity index is 2.00. The van der Waals surface area contributed by atoms with Crippen molar-refractivity contribution in [3.63, 3.8) is 0 Å². The topological polar surface area (TPSA) is 29.5 Å². The first-order valence-corrected chi connectivity index (χ1v) is 6.89. The van der Waals surface area contributed by atoms with E-state index in [1.807, 2.05) is 67.6 Å². The van der Waals surface area contributed by atoms with Gasteiger partial charge in [0.15, 0.2) is 0 Å². The second kappa shape index (κ2) is 7.29. The van der Waals surface area contributed by atoms with Crippen LogP contribution in [0.3, 0.4) is 0 Å². The van der Waals surface area contributed by atoms with Crippen molar-refractivity contribution in [2.24, 2.45) is 0 Å². The summed E-state index contributed by atoms with van der Waals surface area (Å²) in [5, 5.41) is 0. The molecule has 0 aliphatic carbocycles. The van der Waals surface area contributed by atoms with E-state index in [0.29, 0.717) is 0 Å². The maximum atomic E-state index is 12.2. The number of hydrogen-bond donors (Lipinski definition) is 0. The van der Waals surface area contributed by atoms with E-state index in [9.17, 15) is 4.79 Å². The van der Waals surface area contributed by atoms with Crippen LogP contribution in [0.2, 0.25) is 0 Å². The molecule has 0 aliphatic heterocycles. The average molecular weight is 281 g/mol. The van der Waals surface area contributed by atoms with E-state index in [0.717, 1.165) is 11.1 Å². The predicted octanol–water partition coefficient (Wildman–Crippen LogP) is 4.53. The predicted molar refractivity (Wildman–Crippen MR) is 83.5 cm³/mol. The third-order valence-electron chi connectivity index (χ3n) is 3.31. The van der Waals surface area contributed by atoms with Crippen molar-refractivity contribution >= 4 is 6.09 Å². The molecular weight excluding hydrogens is 262 g/mol. The number of hydrogen-bond acceptors (Lipinski definition) is 2. The Labute approximate surface area is 125 Å². The molecule has 0 heterocycles. The number of amides is 1. The van der Waals surface area contributed by atoms with E-state index >= 15 is 0 Å².